The molecular weight excluding hydrogens is 414 g/mol. The molecule has 7 heteroatoms. The zero-order chi connectivity index (χ0) is 16.7. The number of pyridine rings is 1. The summed E-state index contributed by atoms with van der Waals surface area (Å²) in [6.07, 6.45) is 1.48. The molecule has 0 radical (unpaired) electrons. The molecule has 0 bridgehead atoms. The molecule has 0 saturated heterocycles. The maximum Gasteiger partial charge on any atom is 0.339 e. The summed E-state index contributed by atoms with van der Waals surface area (Å²) in [7, 11) is 0. The Balaban J connectivity index is 1.83. The number of halogens is 2. The molecule has 2 rings (SSSR count). The number of rotatable bonds is 7. The van der Waals surface area contributed by atoms with Crippen LogP contribution in [0.1, 0.15) is 17.3 Å². The SMILES string of the molecule is CCOC(=O)c1cnc(NCCOc2ccc(F)cc2)c(I)c1. The molecule has 0 spiro atoms. The van der Waals surface area contributed by atoms with E-state index in [0.717, 1.165) is 3.57 Å². The Labute approximate surface area is 147 Å². The summed E-state index contributed by atoms with van der Waals surface area (Å²) < 4.78 is 24.0. The standard InChI is InChI=1S/C16H16FIN2O3/c1-2-22-16(21)11-9-14(18)15(20-10-11)19-7-8-23-13-5-3-12(17)4-6-13/h3-6,9-10H,2,7-8H2,1H3,(H,19,20). The van der Waals surface area contributed by atoms with Crippen molar-refractivity contribution in [1.29, 1.82) is 0 Å². The van der Waals surface area contributed by atoms with Crippen molar-refractivity contribution in [2.45, 2.75) is 6.92 Å². The third-order valence-electron chi connectivity index (χ3n) is 2.83. The number of benzene rings is 1. The Kier molecular flexibility index (Phi) is 6.57. The predicted octanol–water partition coefficient (Wildman–Crippen LogP) is 3.49. The highest BCUT2D eigenvalue weighted by molar-refractivity contribution is 14.1. The van der Waals surface area contributed by atoms with Gasteiger partial charge in [0, 0.05) is 6.20 Å². The fraction of sp³-hybridized carbons (Fsp3) is 0.250. The zero-order valence-electron chi connectivity index (χ0n) is 12.5. The minimum atomic E-state index is -0.385. The Morgan fingerprint density at radius 3 is 2.74 bits per heavy atom. The van der Waals surface area contributed by atoms with Crippen molar-refractivity contribution in [3.8, 4) is 5.75 Å². The fourth-order valence-electron chi connectivity index (χ4n) is 1.76. The van der Waals surface area contributed by atoms with E-state index in [0.29, 0.717) is 36.9 Å². The first-order chi connectivity index (χ1) is 11.1. The Morgan fingerprint density at radius 1 is 1.35 bits per heavy atom. The van der Waals surface area contributed by atoms with Crippen LogP contribution in [-0.2, 0) is 4.74 Å². The molecule has 1 heterocycles. The number of carbonyl (C=O) groups is 1. The van der Waals surface area contributed by atoms with Crippen molar-refractivity contribution in [3.63, 3.8) is 0 Å². The van der Waals surface area contributed by atoms with Crippen LogP contribution < -0.4 is 10.1 Å². The number of aromatic nitrogens is 1. The average Bonchev–Trinajstić information content (AvgIpc) is 2.54. The van der Waals surface area contributed by atoms with E-state index in [1.165, 1.54) is 18.3 Å². The first-order valence-electron chi connectivity index (χ1n) is 7.05. The second-order valence-corrected chi connectivity index (χ2v) is 5.67. The summed E-state index contributed by atoms with van der Waals surface area (Å²) in [5.74, 6) is 0.592. The van der Waals surface area contributed by atoms with Gasteiger partial charge < -0.3 is 14.8 Å². The maximum absolute atomic E-state index is 12.8. The third kappa shape index (κ3) is 5.34. The van der Waals surface area contributed by atoms with Crippen LogP contribution in [0, 0.1) is 9.39 Å². The lowest BCUT2D eigenvalue weighted by atomic mass is 10.3. The van der Waals surface area contributed by atoms with E-state index in [2.05, 4.69) is 32.9 Å². The molecule has 1 aromatic carbocycles. The summed E-state index contributed by atoms with van der Waals surface area (Å²) in [5, 5.41) is 3.12. The molecule has 0 aliphatic heterocycles. The molecule has 122 valence electrons. The van der Waals surface area contributed by atoms with Crippen LogP contribution in [0.2, 0.25) is 0 Å². The molecule has 0 saturated carbocycles. The minimum Gasteiger partial charge on any atom is -0.492 e. The molecule has 5 nitrogen and oxygen atoms in total. The van der Waals surface area contributed by atoms with Gasteiger partial charge in [0.1, 0.15) is 24.0 Å². The van der Waals surface area contributed by atoms with Gasteiger partial charge in [0.05, 0.1) is 22.3 Å². The Morgan fingerprint density at radius 2 is 2.09 bits per heavy atom. The summed E-state index contributed by atoms with van der Waals surface area (Å²) in [6.45, 7) is 3.02. The second kappa shape index (κ2) is 8.66. The molecule has 23 heavy (non-hydrogen) atoms. The number of hydrogen-bond acceptors (Lipinski definition) is 5. The van der Waals surface area contributed by atoms with Gasteiger partial charge in [-0.15, -0.1) is 0 Å². The summed E-state index contributed by atoms with van der Waals surface area (Å²) in [5.41, 5.74) is 0.421. The minimum absolute atomic E-state index is 0.295. The lowest BCUT2D eigenvalue weighted by molar-refractivity contribution is 0.0526. The highest BCUT2D eigenvalue weighted by Gasteiger charge is 2.10. The number of nitrogens with one attached hydrogen (secondary N) is 1. The van der Waals surface area contributed by atoms with Crippen LogP contribution in [0.15, 0.2) is 36.5 Å². The smallest absolute Gasteiger partial charge is 0.339 e. The van der Waals surface area contributed by atoms with Crippen molar-refractivity contribution in [2.75, 3.05) is 25.1 Å². The van der Waals surface area contributed by atoms with Crippen LogP contribution in [0.4, 0.5) is 10.2 Å². The van der Waals surface area contributed by atoms with Crippen molar-refractivity contribution in [2.24, 2.45) is 0 Å². The largest absolute Gasteiger partial charge is 0.492 e. The number of esters is 1. The van der Waals surface area contributed by atoms with E-state index in [-0.39, 0.29) is 11.8 Å². The van der Waals surface area contributed by atoms with Gasteiger partial charge in [-0.25, -0.2) is 14.2 Å². The summed E-state index contributed by atoms with van der Waals surface area (Å²) >= 11 is 2.10. The van der Waals surface area contributed by atoms with E-state index in [4.69, 9.17) is 9.47 Å². The van der Waals surface area contributed by atoms with Gasteiger partial charge in [-0.3, -0.25) is 0 Å². The van der Waals surface area contributed by atoms with Crippen molar-refractivity contribution < 1.29 is 18.7 Å². The van der Waals surface area contributed by atoms with Gasteiger partial charge in [0.2, 0.25) is 0 Å². The summed E-state index contributed by atoms with van der Waals surface area (Å²) in [4.78, 5) is 15.8. The topological polar surface area (TPSA) is 60.5 Å². The number of ether oxygens (including phenoxy) is 2. The van der Waals surface area contributed by atoms with E-state index < -0.39 is 0 Å². The van der Waals surface area contributed by atoms with Gasteiger partial charge >= 0.3 is 5.97 Å². The van der Waals surface area contributed by atoms with Gasteiger partial charge in [0.25, 0.3) is 0 Å². The van der Waals surface area contributed by atoms with E-state index in [9.17, 15) is 9.18 Å². The van der Waals surface area contributed by atoms with E-state index >= 15 is 0 Å². The first kappa shape index (κ1) is 17.5. The average molecular weight is 430 g/mol. The number of hydrogen-bond donors (Lipinski definition) is 1. The number of anilines is 1. The fourth-order valence-corrected chi connectivity index (χ4v) is 2.43. The molecule has 1 N–H and O–H groups in total. The van der Waals surface area contributed by atoms with Crippen LogP contribution in [0.3, 0.4) is 0 Å². The summed E-state index contributed by atoms with van der Waals surface area (Å²) in [6, 6.07) is 7.56. The lowest BCUT2D eigenvalue weighted by Crippen LogP contribution is -2.14. The second-order valence-electron chi connectivity index (χ2n) is 4.50. The van der Waals surface area contributed by atoms with Gasteiger partial charge in [0.15, 0.2) is 0 Å². The van der Waals surface area contributed by atoms with Crippen molar-refractivity contribution in [3.05, 3.63) is 51.5 Å². The quantitative estimate of drug-likeness (QED) is 0.414. The monoisotopic (exact) mass is 430 g/mol. The van der Waals surface area contributed by atoms with E-state index in [1.807, 2.05) is 0 Å². The number of nitrogens with zero attached hydrogens (tertiary/aromatic N) is 1. The Bertz CT molecular complexity index is 665. The first-order valence-corrected chi connectivity index (χ1v) is 8.13. The Hall–Kier alpha value is -1.90. The molecule has 0 atom stereocenters. The van der Waals surface area contributed by atoms with Gasteiger partial charge in [-0.1, -0.05) is 0 Å². The highest BCUT2D eigenvalue weighted by atomic mass is 127. The maximum atomic E-state index is 12.8. The third-order valence-corrected chi connectivity index (χ3v) is 3.65. The lowest BCUT2D eigenvalue weighted by Gasteiger charge is -2.10. The van der Waals surface area contributed by atoms with Crippen LogP contribution in [0.25, 0.3) is 0 Å². The molecule has 0 amide bonds. The normalized spacial score (nSPS) is 10.2. The molecule has 1 aromatic heterocycles. The van der Waals surface area contributed by atoms with Gasteiger partial charge in [-0.05, 0) is 59.8 Å². The molecule has 0 aliphatic rings. The number of carbonyl (C=O) groups excluding carboxylic acids is 1. The van der Waals surface area contributed by atoms with Crippen LogP contribution >= 0.6 is 22.6 Å². The van der Waals surface area contributed by atoms with E-state index in [1.54, 1.807) is 25.1 Å². The molecule has 2 aromatic rings. The van der Waals surface area contributed by atoms with Crippen LogP contribution in [0.5, 0.6) is 5.75 Å². The van der Waals surface area contributed by atoms with Crippen LogP contribution in [-0.4, -0.2) is 30.7 Å². The molecular formula is C16H16FIN2O3. The molecule has 0 fully saturated rings. The van der Waals surface area contributed by atoms with Gasteiger partial charge in [-0.2, -0.15) is 0 Å². The molecule has 0 aliphatic carbocycles. The zero-order valence-corrected chi connectivity index (χ0v) is 14.7. The predicted molar refractivity (Wildman–Crippen MR) is 93.3 cm³/mol. The molecule has 0 unspecified atom stereocenters. The van der Waals surface area contributed by atoms with Crippen molar-refractivity contribution in [1.82, 2.24) is 4.98 Å². The highest BCUT2D eigenvalue weighted by Crippen LogP contribution is 2.17. The van der Waals surface area contributed by atoms with Crippen molar-refractivity contribution >= 4 is 34.4 Å².